The number of aromatic hydroxyl groups is 1. The number of benzene rings is 2. The number of para-hydroxylation sites is 1. The van der Waals surface area contributed by atoms with E-state index in [0.717, 1.165) is 10.0 Å². The lowest BCUT2D eigenvalue weighted by Crippen LogP contribution is -2.18. The van der Waals surface area contributed by atoms with E-state index >= 15 is 0 Å². The molecule has 2 rings (SSSR count). The van der Waals surface area contributed by atoms with Crippen molar-refractivity contribution >= 4 is 15.9 Å². The van der Waals surface area contributed by atoms with Crippen LogP contribution in [0.25, 0.3) is 0 Å². The maximum Gasteiger partial charge on any atom is 0.162 e. The van der Waals surface area contributed by atoms with Gasteiger partial charge in [-0.3, -0.25) is 0 Å². The zero-order valence-corrected chi connectivity index (χ0v) is 13.1. The molecule has 0 radical (unpaired) electrons. The van der Waals surface area contributed by atoms with E-state index in [-0.39, 0.29) is 11.8 Å². The highest BCUT2D eigenvalue weighted by Gasteiger charge is 2.09. The van der Waals surface area contributed by atoms with Gasteiger partial charge < -0.3 is 15.2 Å². The summed E-state index contributed by atoms with van der Waals surface area (Å²) in [4.78, 5) is 0. The van der Waals surface area contributed by atoms with E-state index < -0.39 is 0 Å². The number of phenolic OH excluding ortho intramolecular Hbond substituents is 1. The first-order valence-electron chi connectivity index (χ1n) is 6.45. The first-order valence-corrected chi connectivity index (χ1v) is 7.25. The van der Waals surface area contributed by atoms with E-state index in [1.165, 1.54) is 5.56 Å². The number of ether oxygens (including phenoxy) is 1. The molecule has 0 aliphatic rings. The molecule has 0 fully saturated rings. The number of hydrogen-bond donors (Lipinski definition) is 2. The molecule has 4 heteroatoms. The molecular weight excluding hydrogens is 318 g/mol. The first-order chi connectivity index (χ1) is 9.61. The summed E-state index contributed by atoms with van der Waals surface area (Å²) >= 11 is 3.47. The van der Waals surface area contributed by atoms with Crippen LogP contribution in [0.5, 0.6) is 11.5 Å². The number of halogens is 1. The zero-order chi connectivity index (χ0) is 14.5. The molecule has 0 spiro atoms. The molecule has 3 nitrogen and oxygen atoms in total. The maximum absolute atomic E-state index is 10.0. The third-order valence-corrected chi connectivity index (χ3v) is 3.74. The summed E-state index contributed by atoms with van der Waals surface area (Å²) < 4.78 is 6.17. The normalized spacial score (nSPS) is 12.2. The van der Waals surface area contributed by atoms with Gasteiger partial charge in [0, 0.05) is 22.6 Å². The number of nitrogens with one attached hydrogen (secondary N) is 1. The smallest absolute Gasteiger partial charge is 0.162 e. The molecular formula is C16H18BrNO2. The van der Waals surface area contributed by atoms with Crippen molar-refractivity contribution in [2.24, 2.45) is 0 Å². The van der Waals surface area contributed by atoms with Crippen molar-refractivity contribution in [3.63, 3.8) is 0 Å². The van der Waals surface area contributed by atoms with E-state index in [0.29, 0.717) is 12.3 Å². The van der Waals surface area contributed by atoms with Crippen molar-refractivity contribution in [1.82, 2.24) is 5.32 Å². The average molecular weight is 336 g/mol. The van der Waals surface area contributed by atoms with Crippen LogP contribution in [0.3, 0.4) is 0 Å². The monoisotopic (exact) mass is 335 g/mol. The Kier molecular flexibility index (Phi) is 5.04. The maximum atomic E-state index is 10.0. The van der Waals surface area contributed by atoms with Crippen molar-refractivity contribution in [2.45, 2.75) is 19.5 Å². The van der Waals surface area contributed by atoms with Crippen LogP contribution in [0.1, 0.15) is 24.1 Å². The highest BCUT2D eigenvalue weighted by Crippen LogP contribution is 2.29. The standard InChI is InChI=1S/C16H18BrNO2/c1-11(12-5-3-7-14(17)9-12)18-10-13-6-4-8-15(20-2)16(13)19/h3-9,11,18-19H,10H2,1-2H3/t11-/m1/s1. The van der Waals surface area contributed by atoms with Gasteiger partial charge in [0.2, 0.25) is 0 Å². The highest BCUT2D eigenvalue weighted by atomic mass is 79.9. The quantitative estimate of drug-likeness (QED) is 0.867. The molecule has 0 unspecified atom stereocenters. The lowest BCUT2D eigenvalue weighted by Gasteiger charge is -2.16. The second-order valence-corrected chi connectivity index (χ2v) is 5.54. The summed E-state index contributed by atoms with van der Waals surface area (Å²) in [6.07, 6.45) is 0. The van der Waals surface area contributed by atoms with Crippen LogP contribution in [-0.4, -0.2) is 12.2 Å². The van der Waals surface area contributed by atoms with Gasteiger partial charge in [-0.2, -0.15) is 0 Å². The second kappa shape index (κ2) is 6.77. The number of methoxy groups -OCH3 is 1. The molecule has 0 saturated carbocycles. The molecule has 20 heavy (non-hydrogen) atoms. The summed E-state index contributed by atoms with van der Waals surface area (Å²) in [6.45, 7) is 2.68. The minimum absolute atomic E-state index is 0.193. The predicted molar refractivity (Wildman–Crippen MR) is 84.1 cm³/mol. The lowest BCUT2D eigenvalue weighted by atomic mass is 10.1. The van der Waals surface area contributed by atoms with Gasteiger partial charge in [0.25, 0.3) is 0 Å². The fourth-order valence-electron chi connectivity index (χ4n) is 2.03. The molecule has 2 N–H and O–H groups in total. The van der Waals surface area contributed by atoms with Crippen molar-refractivity contribution in [3.8, 4) is 11.5 Å². The van der Waals surface area contributed by atoms with Crippen molar-refractivity contribution in [3.05, 3.63) is 58.1 Å². The summed E-state index contributed by atoms with van der Waals surface area (Å²) in [7, 11) is 1.55. The summed E-state index contributed by atoms with van der Waals surface area (Å²) in [5.74, 6) is 0.698. The Hall–Kier alpha value is -1.52. The van der Waals surface area contributed by atoms with Gasteiger partial charge in [0.15, 0.2) is 11.5 Å². The van der Waals surface area contributed by atoms with Gasteiger partial charge in [-0.1, -0.05) is 40.2 Å². The molecule has 0 aliphatic carbocycles. The number of hydrogen-bond acceptors (Lipinski definition) is 3. The molecule has 106 valence electrons. The van der Waals surface area contributed by atoms with E-state index in [1.54, 1.807) is 13.2 Å². The minimum Gasteiger partial charge on any atom is -0.504 e. The molecule has 0 aliphatic heterocycles. The minimum atomic E-state index is 0.193. The highest BCUT2D eigenvalue weighted by molar-refractivity contribution is 9.10. The molecule has 2 aromatic rings. The molecule has 0 amide bonds. The summed E-state index contributed by atoms with van der Waals surface area (Å²) in [5.41, 5.74) is 2.02. The molecule has 0 bridgehead atoms. The Balaban J connectivity index is 2.05. The van der Waals surface area contributed by atoms with Crippen molar-refractivity contribution in [2.75, 3.05) is 7.11 Å². The molecule has 1 atom stereocenters. The van der Waals surface area contributed by atoms with Gasteiger partial charge >= 0.3 is 0 Å². The van der Waals surface area contributed by atoms with Crippen LogP contribution < -0.4 is 10.1 Å². The molecule has 0 saturated heterocycles. The van der Waals surface area contributed by atoms with Gasteiger partial charge in [0.1, 0.15) is 0 Å². The van der Waals surface area contributed by atoms with Gasteiger partial charge in [-0.05, 0) is 30.7 Å². The third kappa shape index (κ3) is 3.52. The third-order valence-electron chi connectivity index (χ3n) is 3.25. The van der Waals surface area contributed by atoms with Crippen molar-refractivity contribution < 1.29 is 9.84 Å². The Bertz CT molecular complexity index is 586. The lowest BCUT2D eigenvalue weighted by molar-refractivity contribution is 0.369. The van der Waals surface area contributed by atoms with Crippen molar-refractivity contribution in [1.29, 1.82) is 0 Å². The topological polar surface area (TPSA) is 41.5 Å². The molecule has 0 aromatic heterocycles. The average Bonchev–Trinajstić information content (AvgIpc) is 2.46. The predicted octanol–water partition coefficient (Wildman–Crippen LogP) is 4.01. The van der Waals surface area contributed by atoms with Crippen LogP contribution in [0, 0.1) is 0 Å². The van der Waals surface area contributed by atoms with Crippen LogP contribution in [0.15, 0.2) is 46.9 Å². The van der Waals surface area contributed by atoms with Gasteiger partial charge in [-0.15, -0.1) is 0 Å². The second-order valence-electron chi connectivity index (χ2n) is 4.63. The van der Waals surface area contributed by atoms with Crippen LogP contribution >= 0.6 is 15.9 Å². The fraction of sp³-hybridized carbons (Fsp3) is 0.250. The van der Waals surface area contributed by atoms with Crippen LogP contribution in [-0.2, 0) is 6.54 Å². The number of rotatable bonds is 5. The van der Waals surface area contributed by atoms with E-state index in [4.69, 9.17) is 4.74 Å². The van der Waals surface area contributed by atoms with Crippen LogP contribution in [0.2, 0.25) is 0 Å². The van der Waals surface area contributed by atoms with E-state index in [9.17, 15) is 5.11 Å². The molecule has 0 heterocycles. The Morgan fingerprint density at radius 1 is 1.25 bits per heavy atom. The van der Waals surface area contributed by atoms with Crippen LogP contribution in [0.4, 0.5) is 0 Å². The Morgan fingerprint density at radius 2 is 2.00 bits per heavy atom. The SMILES string of the molecule is COc1cccc(CN[C@H](C)c2cccc(Br)c2)c1O. The van der Waals surface area contributed by atoms with E-state index in [2.05, 4.69) is 40.3 Å². The molecule has 2 aromatic carbocycles. The zero-order valence-electron chi connectivity index (χ0n) is 11.6. The van der Waals surface area contributed by atoms with Gasteiger partial charge in [0.05, 0.1) is 7.11 Å². The largest absolute Gasteiger partial charge is 0.504 e. The van der Waals surface area contributed by atoms with E-state index in [1.807, 2.05) is 24.3 Å². The van der Waals surface area contributed by atoms with Gasteiger partial charge in [-0.25, -0.2) is 0 Å². The Morgan fingerprint density at radius 3 is 2.70 bits per heavy atom. The summed E-state index contributed by atoms with van der Waals surface area (Å²) in [5, 5.41) is 13.4. The summed E-state index contributed by atoms with van der Waals surface area (Å²) in [6, 6.07) is 13.9. The number of phenols is 1. The fourth-order valence-corrected chi connectivity index (χ4v) is 2.45. The first kappa shape index (κ1) is 14.9. The Labute approximate surface area is 127 Å².